The maximum Gasteiger partial charge on any atom is 0.263 e. The topological polar surface area (TPSA) is 75.1 Å². The number of carbonyl (C=O) groups is 2. The van der Waals surface area contributed by atoms with Crippen LogP contribution in [-0.2, 0) is 24.8 Å². The van der Waals surface area contributed by atoms with Gasteiger partial charge in [0.1, 0.15) is 11.3 Å². The Hall–Kier alpha value is -3.91. The van der Waals surface area contributed by atoms with E-state index >= 15 is 0 Å². The molecule has 2 amide bonds. The van der Waals surface area contributed by atoms with Gasteiger partial charge < -0.3 is 19.1 Å². The van der Waals surface area contributed by atoms with Crippen molar-refractivity contribution in [1.29, 1.82) is 0 Å². The highest BCUT2D eigenvalue weighted by molar-refractivity contribution is 5.97. The van der Waals surface area contributed by atoms with E-state index in [9.17, 15) is 14.4 Å². The molecule has 0 fully saturated rings. The van der Waals surface area contributed by atoms with Crippen LogP contribution in [0.5, 0.6) is 5.75 Å². The van der Waals surface area contributed by atoms with Gasteiger partial charge in [-0.15, -0.1) is 0 Å². The van der Waals surface area contributed by atoms with Gasteiger partial charge in [-0.25, -0.2) is 0 Å². The van der Waals surface area contributed by atoms with Crippen LogP contribution < -0.4 is 15.2 Å². The predicted octanol–water partition coefficient (Wildman–Crippen LogP) is 4.34. The smallest absolute Gasteiger partial charge is 0.263 e. The van der Waals surface area contributed by atoms with Gasteiger partial charge >= 0.3 is 0 Å². The summed E-state index contributed by atoms with van der Waals surface area (Å²) in [5.74, 6) is 0.461. The number of anilines is 1. The van der Waals surface area contributed by atoms with Crippen LogP contribution in [0.25, 0.3) is 0 Å². The molecule has 1 aliphatic heterocycles. The average molecular weight is 559 g/mol. The monoisotopic (exact) mass is 558 g/mol. The normalized spacial score (nSPS) is 14.9. The van der Waals surface area contributed by atoms with Crippen molar-refractivity contribution >= 4 is 17.5 Å². The molecule has 0 saturated heterocycles. The fraction of sp³-hybridized carbons (Fsp3) is 0.424. The number of nitrogens with zero attached hydrogens (tertiary/aromatic N) is 4. The molecule has 0 saturated carbocycles. The molecule has 0 atom stereocenters. The summed E-state index contributed by atoms with van der Waals surface area (Å²) in [5, 5.41) is 0. The summed E-state index contributed by atoms with van der Waals surface area (Å²) < 4.78 is 6.79. The second-order valence-corrected chi connectivity index (χ2v) is 11.1. The standard InChI is InChI=1S/C33H42N4O4/c1-23(2)35-17-8-18-37(30(38)21-26-12-14-28(41-6)15-13-26)31-24(3)9-7-10-27(31)22-36(20-19-35)33(40)29-16-11-25(4)34(5)32(29)39/h7,9-16,23H,8,17-22H2,1-6H3. The highest BCUT2D eigenvalue weighted by atomic mass is 16.5. The van der Waals surface area contributed by atoms with E-state index in [-0.39, 0.29) is 35.4 Å². The summed E-state index contributed by atoms with van der Waals surface area (Å²) >= 11 is 0. The molecule has 0 radical (unpaired) electrons. The van der Waals surface area contributed by atoms with Crippen LogP contribution >= 0.6 is 0 Å². The van der Waals surface area contributed by atoms with Crippen molar-refractivity contribution in [1.82, 2.24) is 14.4 Å². The van der Waals surface area contributed by atoms with Crippen LogP contribution in [0.2, 0.25) is 0 Å². The number of para-hydroxylation sites is 1. The first-order chi connectivity index (χ1) is 19.6. The Balaban J connectivity index is 1.74. The summed E-state index contributed by atoms with van der Waals surface area (Å²) in [4.78, 5) is 46.9. The van der Waals surface area contributed by atoms with E-state index in [4.69, 9.17) is 4.74 Å². The molecular formula is C33H42N4O4. The first-order valence-electron chi connectivity index (χ1n) is 14.3. The number of aromatic nitrogens is 1. The van der Waals surface area contributed by atoms with Gasteiger partial charge in [-0.1, -0.05) is 30.3 Å². The third kappa shape index (κ3) is 6.88. The molecule has 1 aliphatic rings. The lowest BCUT2D eigenvalue weighted by atomic mass is 10.0. The average Bonchev–Trinajstić information content (AvgIpc) is 2.99. The summed E-state index contributed by atoms with van der Waals surface area (Å²) in [6.45, 7) is 11.0. The second kappa shape index (κ2) is 13.2. The molecule has 41 heavy (non-hydrogen) atoms. The molecule has 3 aromatic rings. The van der Waals surface area contributed by atoms with Crippen LogP contribution in [0.1, 0.15) is 53.0 Å². The van der Waals surface area contributed by atoms with Crippen molar-refractivity contribution in [3.63, 3.8) is 0 Å². The largest absolute Gasteiger partial charge is 0.497 e. The van der Waals surface area contributed by atoms with Crippen molar-refractivity contribution < 1.29 is 14.3 Å². The first kappa shape index (κ1) is 30.1. The second-order valence-electron chi connectivity index (χ2n) is 11.1. The van der Waals surface area contributed by atoms with Crippen LogP contribution in [0.4, 0.5) is 5.69 Å². The van der Waals surface area contributed by atoms with Crippen molar-refractivity contribution in [3.8, 4) is 5.75 Å². The molecule has 218 valence electrons. The Morgan fingerprint density at radius 2 is 1.66 bits per heavy atom. The van der Waals surface area contributed by atoms with E-state index in [1.54, 1.807) is 31.2 Å². The number of aryl methyl sites for hydroxylation is 2. The van der Waals surface area contributed by atoms with E-state index in [1.165, 1.54) is 4.57 Å². The maximum absolute atomic E-state index is 13.9. The molecule has 4 rings (SSSR count). The molecule has 0 N–H and O–H groups in total. The van der Waals surface area contributed by atoms with E-state index < -0.39 is 0 Å². The summed E-state index contributed by atoms with van der Waals surface area (Å²) in [6, 6.07) is 17.3. The van der Waals surface area contributed by atoms with Crippen molar-refractivity contribution in [2.75, 3.05) is 38.2 Å². The molecule has 8 nitrogen and oxygen atoms in total. The van der Waals surface area contributed by atoms with Gasteiger partial charge in [-0.3, -0.25) is 19.3 Å². The van der Waals surface area contributed by atoms with Gasteiger partial charge in [0, 0.05) is 51.5 Å². The molecule has 1 aromatic heterocycles. The lowest BCUT2D eigenvalue weighted by Gasteiger charge is -2.30. The van der Waals surface area contributed by atoms with E-state index in [1.807, 2.05) is 61.2 Å². The summed E-state index contributed by atoms with van der Waals surface area (Å²) in [7, 11) is 3.31. The Bertz CT molecular complexity index is 1440. The van der Waals surface area contributed by atoms with E-state index in [0.29, 0.717) is 26.2 Å². The minimum atomic E-state index is -0.300. The van der Waals surface area contributed by atoms with Crippen LogP contribution in [-0.4, -0.2) is 65.5 Å². The molecule has 2 aromatic carbocycles. The Morgan fingerprint density at radius 1 is 0.927 bits per heavy atom. The third-order valence-corrected chi connectivity index (χ3v) is 8.06. The zero-order chi connectivity index (χ0) is 29.7. The van der Waals surface area contributed by atoms with Gasteiger partial charge in [0.15, 0.2) is 0 Å². The van der Waals surface area contributed by atoms with Crippen molar-refractivity contribution in [3.05, 3.63) is 92.9 Å². The number of ether oxygens (including phenoxy) is 1. The maximum atomic E-state index is 13.9. The fourth-order valence-corrected chi connectivity index (χ4v) is 5.44. The van der Waals surface area contributed by atoms with E-state index in [0.717, 1.165) is 46.8 Å². The molecule has 8 heteroatoms. The van der Waals surface area contributed by atoms with Crippen LogP contribution in [0.3, 0.4) is 0 Å². The Morgan fingerprint density at radius 3 is 2.34 bits per heavy atom. The van der Waals surface area contributed by atoms with Gasteiger partial charge in [-0.05, 0) is 75.1 Å². The highest BCUT2D eigenvalue weighted by Crippen LogP contribution is 2.29. The number of carbonyl (C=O) groups excluding carboxylic acids is 2. The number of pyridine rings is 1. The number of amides is 2. The molecule has 2 heterocycles. The zero-order valence-electron chi connectivity index (χ0n) is 25.1. The molecular weight excluding hydrogens is 516 g/mol. The minimum Gasteiger partial charge on any atom is -0.497 e. The lowest BCUT2D eigenvalue weighted by molar-refractivity contribution is -0.118. The van der Waals surface area contributed by atoms with Gasteiger partial charge in [-0.2, -0.15) is 0 Å². The van der Waals surface area contributed by atoms with Crippen molar-refractivity contribution in [2.45, 2.75) is 53.1 Å². The van der Waals surface area contributed by atoms with Crippen LogP contribution in [0.15, 0.2) is 59.4 Å². The van der Waals surface area contributed by atoms with Gasteiger partial charge in [0.2, 0.25) is 5.91 Å². The summed E-state index contributed by atoms with van der Waals surface area (Å²) in [5.41, 5.74) is 4.28. The lowest BCUT2D eigenvalue weighted by Crippen LogP contribution is -2.43. The SMILES string of the molecule is COc1ccc(CC(=O)N2CCCN(C(C)C)CCN(C(=O)c3ccc(C)n(C)c3=O)Cc3cccc(C)c32)cc1. The number of hydrogen-bond donors (Lipinski definition) is 0. The van der Waals surface area contributed by atoms with Crippen LogP contribution in [0, 0.1) is 13.8 Å². The zero-order valence-corrected chi connectivity index (χ0v) is 25.1. The highest BCUT2D eigenvalue weighted by Gasteiger charge is 2.27. The fourth-order valence-electron chi connectivity index (χ4n) is 5.44. The Labute approximate surface area is 243 Å². The molecule has 0 aliphatic carbocycles. The van der Waals surface area contributed by atoms with Gasteiger partial charge in [0.05, 0.1) is 19.2 Å². The summed E-state index contributed by atoms with van der Waals surface area (Å²) in [6.07, 6.45) is 1.06. The predicted molar refractivity (Wildman–Crippen MR) is 163 cm³/mol. The Kier molecular flexibility index (Phi) is 9.65. The van der Waals surface area contributed by atoms with Gasteiger partial charge in [0.25, 0.3) is 11.5 Å². The minimum absolute atomic E-state index is 0.00587. The number of benzene rings is 2. The number of fused-ring (bicyclic) bond motifs is 1. The number of rotatable bonds is 5. The molecule has 0 bridgehead atoms. The first-order valence-corrected chi connectivity index (χ1v) is 14.3. The number of methoxy groups -OCH3 is 1. The molecule has 0 unspecified atom stereocenters. The molecule has 0 spiro atoms. The number of hydrogen-bond acceptors (Lipinski definition) is 5. The van der Waals surface area contributed by atoms with Crippen molar-refractivity contribution in [2.24, 2.45) is 7.05 Å². The van der Waals surface area contributed by atoms with E-state index in [2.05, 4.69) is 18.7 Å². The third-order valence-electron chi connectivity index (χ3n) is 8.06. The quantitative estimate of drug-likeness (QED) is 0.466.